The topological polar surface area (TPSA) is 86.8 Å². The number of carbonyl (C=O) groups excluding carboxylic acids is 2. The minimum Gasteiger partial charge on any atom is -0.352 e. The largest absolute Gasteiger partial charge is 0.352 e. The molecular formula is C32H38FN3O4S. The van der Waals surface area contributed by atoms with Crippen molar-refractivity contribution in [2.24, 2.45) is 0 Å². The summed E-state index contributed by atoms with van der Waals surface area (Å²) in [6, 6.07) is 18.5. The number of amides is 2. The predicted molar refractivity (Wildman–Crippen MR) is 158 cm³/mol. The summed E-state index contributed by atoms with van der Waals surface area (Å²) in [5.74, 6) is -1.63. The SMILES string of the molecule is CCC(C(=O)NC1CCCC1)N(Cc1cccc(C)c1)C(=O)CN(c1ccccc1F)S(=O)(=O)c1ccc(C)cc1. The third kappa shape index (κ3) is 7.33. The van der Waals surface area contributed by atoms with Gasteiger partial charge in [-0.15, -0.1) is 0 Å². The van der Waals surface area contributed by atoms with Crippen LogP contribution in [0.2, 0.25) is 0 Å². The van der Waals surface area contributed by atoms with E-state index in [-0.39, 0.29) is 29.1 Å². The number of aryl methyl sites for hydroxylation is 2. The Morgan fingerprint density at radius 2 is 1.63 bits per heavy atom. The molecule has 1 fully saturated rings. The summed E-state index contributed by atoms with van der Waals surface area (Å²) in [6.45, 7) is 5.03. The molecule has 1 saturated carbocycles. The van der Waals surface area contributed by atoms with E-state index < -0.39 is 34.3 Å². The van der Waals surface area contributed by atoms with E-state index in [2.05, 4.69) is 5.32 Å². The molecule has 0 heterocycles. The molecule has 0 bridgehead atoms. The van der Waals surface area contributed by atoms with Gasteiger partial charge in [0.25, 0.3) is 10.0 Å². The molecule has 1 unspecified atom stereocenters. The number of anilines is 1. The minimum atomic E-state index is -4.33. The first-order chi connectivity index (χ1) is 19.6. The number of nitrogens with one attached hydrogen (secondary N) is 1. The van der Waals surface area contributed by atoms with Gasteiger partial charge in [-0.25, -0.2) is 12.8 Å². The van der Waals surface area contributed by atoms with Gasteiger partial charge >= 0.3 is 0 Å². The molecule has 1 atom stereocenters. The van der Waals surface area contributed by atoms with E-state index in [1.807, 2.05) is 45.0 Å². The van der Waals surface area contributed by atoms with E-state index >= 15 is 4.39 Å². The van der Waals surface area contributed by atoms with Gasteiger partial charge in [-0.05, 0) is 62.9 Å². The monoisotopic (exact) mass is 579 g/mol. The third-order valence-corrected chi connectivity index (χ3v) is 9.31. The Kier molecular flexibility index (Phi) is 9.81. The maximum atomic E-state index is 15.1. The van der Waals surface area contributed by atoms with Crippen LogP contribution in [-0.2, 0) is 26.2 Å². The maximum absolute atomic E-state index is 15.1. The highest BCUT2D eigenvalue weighted by molar-refractivity contribution is 7.92. The Bertz CT molecular complexity index is 1470. The highest BCUT2D eigenvalue weighted by Crippen LogP contribution is 2.27. The summed E-state index contributed by atoms with van der Waals surface area (Å²) in [6.07, 6.45) is 4.21. The van der Waals surface area contributed by atoms with Crippen molar-refractivity contribution < 1.29 is 22.4 Å². The number of halogens is 1. The lowest BCUT2D eigenvalue weighted by molar-refractivity contribution is -0.140. The van der Waals surface area contributed by atoms with Gasteiger partial charge in [-0.1, -0.05) is 79.4 Å². The van der Waals surface area contributed by atoms with Gasteiger partial charge in [0.2, 0.25) is 11.8 Å². The van der Waals surface area contributed by atoms with Gasteiger partial charge < -0.3 is 10.2 Å². The zero-order valence-electron chi connectivity index (χ0n) is 23.8. The second-order valence-corrected chi connectivity index (χ2v) is 12.6. The van der Waals surface area contributed by atoms with E-state index in [4.69, 9.17) is 0 Å². The van der Waals surface area contributed by atoms with Crippen molar-refractivity contribution in [3.05, 3.63) is 95.3 Å². The average Bonchev–Trinajstić information content (AvgIpc) is 3.45. The zero-order valence-corrected chi connectivity index (χ0v) is 24.7. The predicted octanol–water partition coefficient (Wildman–Crippen LogP) is 5.50. The van der Waals surface area contributed by atoms with Crippen LogP contribution in [-0.4, -0.2) is 43.8 Å². The molecular weight excluding hydrogens is 541 g/mol. The first kappa shape index (κ1) is 30.2. The number of nitrogens with zero attached hydrogens (tertiary/aromatic N) is 2. The number of hydrogen-bond acceptors (Lipinski definition) is 4. The van der Waals surface area contributed by atoms with E-state index in [1.165, 1.54) is 35.2 Å². The van der Waals surface area contributed by atoms with Gasteiger partial charge in [-0.2, -0.15) is 0 Å². The van der Waals surface area contributed by atoms with Crippen LogP contribution >= 0.6 is 0 Å². The number of carbonyl (C=O) groups is 2. The molecule has 0 radical (unpaired) electrons. The Hall–Kier alpha value is -3.72. The standard InChI is InChI=1S/C32H38FN3O4S/c1-4-29(32(38)34-26-12-5-6-13-26)35(21-25-11-9-10-24(3)20-25)31(37)22-36(30-15-8-7-14-28(30)33)41(39,40)27-18-16-23(2)17-19-27/h7-11,14-20,26,29H,4-6,12-13,21-22H2,1-3H3,(H,34,38). The molecule has 0 spiro atoms. The Balaban J connectivity index is 1.72. The van der Waals surface area contributed by atoms with Gasteiger partial charge in [0.1, 0.15) is 18.4 Å². The molecule has 1 aliphatic carbocycles. The molecule has 9 heteroatoms. The van der Waals surface area contributed by atoms with Crippen LogP contribution in [0.3, 0.4) is 0 Å². The summed E-state index contributed by atoms with van der Waals surface area (Å²) in [7, 11) is -4.33. The molecule has 41 heavy (non-hydrogen) atoms. The average molecular weight is 580 g/mol. The third-order valence-electron chi connectivity index (χ3n) is 7.53. The van der Waals surface area contributed by atoms with Gasteiger partial charge in [0.05, 0.1) is 10.6 Å². The summed E-state index contributed by atoms with van der Waals surface area (Å²) >= 11 is 0. The normalized spacial score (nSPS) is 14.4. The van der Waals surface area contributed by atoms with Crippen LogP contribution in [0.4, 0.5) is 10.1 Å². The Morgan fingerprint density at radius 1 is 0.951 bits per heavy atom. The molecule has 7 nitrogen and oxygen atoms in total. The molecule has 1 aliphatic rings. The van der Waals surface area contributed by atoms with Gasteiger partial charge in [0.15, 0.2) is 0 Å². The van der Waals surface area contributed by atoms with Gasteiger partial charge in [-0.3, -0.25) is 13.9 Å². The molecule has 0 aromatic heterocycles. The number of hydrogen-bond donors (Lipinski definition) is 1. The molecule has 3 aromatic rings. The van der Waals surface area contributed by atoms with E-state index in [9.17, 15) is 18.0 Å². The van der Waals surface area contributed by atoms with Crippen LogP contribution < -0.4 is 9.62 Å². The maximum Gasteiger partial charge on any atom is 0.264 e. The highest BCUT2D eigenvalue weighted by atomic mass is 32.2. The second kappa shape index (κ2) is 13.3. The fourth-order valence-corrected chi connectivity index (χ4v) is 6.72. The van der Waals surface area contributed by atoms with Crippen LogP contribution in [0, 0.1) is 19.7 Å². The minimum absolute atomic E-state index is 0.0595. The summed E-state index contributed by atoms with van der Waals surface area (Å²) in [4.78, 5) is 29.0. The molecule has 2 amide bonds. The van der Waals surface area contributed by atoms with Crippen LogP contribution in [0.25, 0.3) is 0 Å². The summed E-state index contributed by atoms with van der Waals surface area (Å²) in [5, 5.41) is 3.09. The van der Waals surface area contributed by atoms with Crippen LogP contribution in [0.15, 0.2) is 77.7 Å². The van der Waals surface area contributed by atoms with Crippen molar-refractivity contribution in [3.63, 3.8) is 0 Å². The van der Waals surface area contributed by atoms with E-state index in [0.717, 1.165) is 52.7 Å². The molecule has 0 saturated heterocycles. The van der Waals surface area contributed by atoms with Crippen molar-refractivity contribution in [3.8, 4) is 0 Å². The lowest BCUT2D eigenvalue weighted by Crippen LogP contribution is -2.53. The van der Waals surface area contributed by atoms with Crippen molar-refractivity contribution in [1.29, 1.82) is 0 Å². The highest BCUT2D eigenvalue weighted by Gasteiger charge is 2.35. The Morgan fingerprint density at radius 3 is 2.27 bits per heavy atom. The van der Waals surface area contributed by atoms with E-state index in [0.29, 0.717) is 6.42 Å². The van der Waals surface area contributed by atoms with E-state index in [1.54, 1.807) is 12.1 Å². The molecule has 0 aliphatic heterocycles. The lowest BCUT2D eigenvalue weighted by Gasteiger charge is -2.34. The first-order valence-electron chi connectivity index (χ1n) is 14.1. The van der Waals surface area contributed by atoms with Crippen molar-refractivity contribution in [2.75, 3.05) is 10.8 Å². The molecule has 3 aromatic carbocycles. The first-order valence-corrected chi connectivity index (χ1v) is 15.5. The fraction of sp³-hybridized carbons (Fsp3) is 0.375. The molecule has 4 rings (SSSR count). The summed E-state index contributed by atoms with van der Waals surface area (Å²) < 4.78 is 43.6. The molecule has 218 valence electrons. The fourth-order valence-electron chi connectivity index (χ4n) is 5.30. The number of benzene rings is 3. The zero-order chi connectivity index (χ0) is 29.6. The second-order valence-electron chi connectivity index (χ2n) is 10.7. The smallest absolute Gasteiger partial charge is 0.264 e. The summed E-state index contributed by atoms with van der Waals surface area (Å²) in [5.41, 5.74) is 2.43. The van der Waals surface area contributed by atoms with Crippen molar-refractivity contribution in [2.45, 2.75) is 76.4 Å². The van der Waals surface area contributed by atoms with Crippen LogP contribution in [0.5, 0.6) is 0 Å². The number of sulfonamides is 1. The van der Waals surface area contributed by atoms with Crippen molar-refractivity contribution in [1.82, 2.24) is 10.2 Å². The Labute approximate surface area is 242 Å². The van der Waals surface area contributed by atoms with Crippen molar-refractivity contribution >= 4 is 27.5 Å². The van der Waals surface area contributed by atoms with Gasteiger partial charge in [0, 0.05) is 12.6 Å². The number of rotatable bonds is 11. The molecule has 1 N–H and O–H groups in total. The lowest BCUT2D eigenvalue weighted by atomic mass is 10.1. The quantitative estimate of drug-likeness (QED) is 0.325. The number of para-hydroxylation sites is 1. The van der Waals surface area contributed by atoms with Crippen LogP contribution in [0.1, 0.15) is 55.7 Å².